The smallest absolute Gasteiger partial charge is 0.255 e. The van der Waals surface area contributed by atoms with Crippen LogP contribution in [0, 0.1) is 6.92 Å². The van der Waals surface area contributed by atoms with Gasteiger partial charge in [-0.25, -0.2) is 4.98 Å². The Morgan fingerprint density at radius 1 is 0.933 bits per heavy atom. The van der Waals surface area contributed by atoms with Crippen LogP contribution >= 0.6 is 0 Å². The van der Waals surface area contributed by atoms with E-state index in [1.165, 1.54) is 5.56 Å². The van der Waals surface area contributed by atoms with E-state index in [4.69, 9.17) is 0 Å². The number of carbonyl (C=O) groups excluding carboxylic acids is 1. The van der Waals surface area contributed by atoms with E-state index < -0.39 is 0 Å². The molecule has 0 saturated heterocycles. The van der Waals surface area contributed by atoms with Gasteiger partial charge in [0.1, 0.15) is 5.82 Å². The minimum atomic E-state index is -0.127. The topological polar surface area (TPSA) is 78.9 Å². The van der Waals surface area contributed by atoms with Gasteiger partial charge < -0.3 is 16.0 Å². The fraction of sp³-hybridized carbons (Fsp3) is 0.292. The molecule has 30 heavy (non-hydrogen) atoms. The van der Waals surface area contributed by atoms with Gasteiger partial charge in [-0.1, -0.05) is 32.9 Å². The third-order valence-corrected chi connectivity index (χ3v) is 4.62. The number of hydrogen-bond acceptors (Lipinski definition) is 5. The summed E-state index contributed by atoms with van der Waals surface area (Å²) < 4.78 is 0. The molecule has 0 spiro atoms. The van der Waals surface area contributed by atoms with Crippen molar-refractivity contribution in [3.8, 4) is 0 Å². The van der Waals surface area contributed by atoms with E-state index in [-0.39, 0.29) is 11.3 Å². The van der Waals surface area contributed by atoms with E-state index >= 15 is 0 Å². The van der Waals surface area contributed by atoms with E-state index in [0.717, 1.165) is 23.6 Å². The number of hydrogen-bond donors (Lipinski definition) is 3. The molecule has 0 bridgehead atoms. The number of benzene rings is 2. The molecule has 0 radical (unpaired) electrons. The maximum atomic E-state index is 12.5. The van der Waals surface area contributed by atoms with Crippen LogP contribution in [0.15, 0.2) is 54.6 Å². The first kappa shape index (κ1) is 21.3. The van der Waals surface area contributed by atoms with Gasteiger partial charge in [0.05, 0.1) is 0 Å². The predicted molar refractivity (Wildman–Crippen MR) is 124 cm³/mol. The van der Waals surface area contributed by atoms with Crippen molar-refractivity contribution >= 4 is 29.0 Å². The lowest BCUT2D eigenvalue weighted by Gasteiger charge is -2.19. The van der Waals surface area contributed by atoms with Crippen molar-refractivity contribution in [3.63, 3.8) is 0 Å². The molecule has 0 aliphatic heterocycles. The Kier molecular flexibility index (Phi) is 6.35. The number of nitrogens with one attached hydrogen (secondary N) is 3. The number of aromatic nitrogens is 2. The van der Waals surface area contributed by atoms with Crippen LogP contribution < -0.4 is 16.0 Å². The Hall–Kier alpha value is -3.41. The summed E-state index contributed by atoms with van der Waals surface area (Å²) in [6.45, 7) is 11.2. The van der Waals surface area contributed by atoms with Crippen molar-refractivity contribution in [2.24, 2.45) is 0 Å². The second-order valence-electron chi connectivity index (χ2n) is 8.23. The fourth-order valence-corrected chi connectivity index (χ4v) is 2.98. The first-order chi connectivity index (χ1) is 14.2. The maximum Gasteiger partial charge on any atom is 0.255 e. The Labute approximate surface area is 178 Å². The van der Waals surface area contributed by atoms with E-state index in [2.05, 4.69) is 46.7 Å². The van der Waals surface area contributed by atoms with Crippen molar-refractivity contribution in [3.05, 3.63) is 71.4 Å². The quantitative estimate of drug-likeness (QED) is 0.506. The Morgan fingerprint density at radius 3 is 2.17 bits per heavy atom. The Bertz CT molecular complexity index is 1010. The zero-order chi connectivity index (χ0) is 21.7. The van der Waals surface area contributed by atoms with Gasteiger partial charge in [-0.3, -0.25) is 4.79 Å². The second-order valence-corrected chi connectivity index (χ2v) is 8.23. The third kappa shape index (κ3) is 5.56. The zero-order valence-corrected chi connectivity index (χ0v) is 18.2. The standard InChI is InChI=1S/C24H29N5O/c1-6-25-23-26-16(2)15-21(29-23)27-19-11-13-20(14-12-19)28-22(30)17-7-9-18(10-8-17)24(3,4)5/h7-15H,6H2,1-5H3,(H,28,30)(H2,25,26,27,29). The summed E-state index contributed by atoms with van der Waals surface area (Å²) in [4.78, 5) is 21.3. The normalized spacial score (nSPS) is 11.1. The number of rotatable bonds is 6. The molecule has 0 aliphatic rings. The highest BCUT2D eigenvalue weighted by molar-refractivity contribution is 6.04. The van der Waals surface area contributed by atoms with Crippen LogP contribution in [0.2, 0.25) is 0 Å². The van der Waals surface area contributed by atoms with Crippen LogP contribution in [0.1, 0.15) is 49.3 Å². The molecule has 0 fully saturated rings. The molecule has 156 valence electrons. The van der Waals surface area contributed by atoms with Gasteiger partial charge in [0.2, 0.25) is 5.95 Å². The lowest BCUT2D eigenvalue weighted by Crippen LogP contribution is -2.14. The minimum Gasteiger partial charge on any atom is -0.354 e. The van der Waals surface area contributed by atoms with Crippen molar-refractivity contribution in [2.75, 3.05) is 22.5 Å². The molecular weight excluding hydrogens is 374 g/mol. The Morgan fingerprint density at radius 2 is 1.57 bits per heavy atom. The number of aryl methyl sites for hydroxylation is 1. The van der Waals surface area contributed by atoms with Crippen LogP contribution in [0.3, 0.4) is 0 Å². The van der Waals surface area contributed by atoms with Crippen LogP contribution in [0.4, 0.5) is 23.1 Å². The van der Waals surface area contributed by atoms with Crippen LogP contribution in [-0.2, 0) is 5.41 Å². The highest BCUT2D eigenvalue weighted by Crippen LogP contribution is 2.23. The number of amides is 1. The monoisotopic (exact) mass is 403 g/mol. The molecule has 2 aromatic carbocycles. The Balaban J connectivity index is 1.65. The third-order valence-electron chi connectivity index (χ3n) is 4.62. The molecule has 0 saturated carbocycles. The van der Waals surface area contributed by atoms with Crippen molar-refractivity contribution in [1.82, 2.24) is 9.97 Å². The summed E-state index contributed by atoms with van der Waals surface area (Å²) in [5, 5.41) is 9.34. The lowest BCUT2D eigenvalue weighted by molar-refractivity contribution is 0.102. The average Bonchev–Trinajstić information content (AvgIpc) is 2.69. The first-order valence-electron chi connectivity index (χ1n) is 10.1. The van der Waals surface area contributed by atoms with Gasteiger partial charge in [0.15, 0.2) is 0 Å². The van der Waals surface area contributed by atoms with E-state index in [0.29, 0.717) is 17.3 Å². The molecule has 1 aromatic heterocycles. The summed E-state index contributed by atoms with van der Waals surface area (Å²) >= 11 is 0. The molecule has 3 N–H and O–H groups in total. The molecule has 6 nitrogen and oxygen atoms in total. The average molecular weight is 404 g/mol. The zero-order valence-electron chi connectivity index (χ0n) is 18.2. The summed E-state index contributed by atoms with van der Waals surface area (Å²) in [7, 11) is 0. The van der Waals surface area contributed by atoms with E-state index in [1.807, 2.05) is 68.4 Å². The van der Waals surface area contributed by atoms with Gasteiger partial charge >= 0.3 is 0 Å². The largest absolute Gasteiger partial charge is 0.354 e. The van der Waals surface area contributed by atoms with Gasteiger partial charge in [0.25, 0.3) is 5.91 Å². The molecule has 3 aromatic rings. The number of carbonyl (C=O) groups is 1. The van der Waals surface area contributed by atoms with Crippen molar-refractivity contribution < 1.29 is 4.79 Å². The summed E-state index contributed by atoms with van der Waals surface area (Å²) in [5.41, 5.74) is 4.39. The SMILES string of the molecule is CCNc1nc(C)cc(Nc2ccc(NC(=O)c3ccc(C(C)(C)C)cc3)cc2)n1. The van der Waals surface area contributed by atoms with Gasteiger partial charge in [-0.05, 0) is 61.2 Å². The summed E-state index contributed by atoms with van der Waals surface area (Å²) in [6.07, 6.45) is 0. The maximum absolute atomic E-state index is 12.5. The number of anilines is 4. The molecule has 0 unspecified atom stereocenters. The molecular formula is C24H29N5O. The van der Waals surface area contributed by atoms with Crippen LogP contribution in [-0.4, -0.2) is 22.4 Å². The fourth-order valence-electron chi connectivity index (χ4n) is 2.98. The predicted octanol–water partition coefficient (Wildman–Crippen LogP) is 5.51. The molecule has 3 rings (SSSR count). The molecule has 0 atom stereocenters. The van der Waals surface area contributed by atoms with E-state index in [1.54, 1.807) is 0 Å². The first-order valence-corrected chi connectivity index (χ1v) is 10.1. The van der Waals surface area contributed by atoms with Gasteiger partial charge in [-0.15, -0.1) is 0 Å². The molecule has 0 aliphatic carbocycles. The van der Waals surface area contributed by atoms with Gasteiger partial charge in [-0.2, -0.15) is 4.98 Å². The highest BCUT2D eigenvalue weighted by atomic mass is 16.1. The number of nitrogens with zero attached hydrogens (tertiary/aromatic N) is 2. The molecule has 1 heterocycles. The molecule has 6 heteroatoms. The molecule has 1 amide bonds. The van der Waals surface area contributed by atoms with Crippen molar-refractivity contribution in [2.45, 2.75) is 40.0 Å². The second kappa shape index (κ2) is 8.95. The van der Waals surface area contributed by atoms with Crippen LogP contribution in [0.25, 0.3) is 0 Å². The highest BCUT2D eigenvalue weighted by Gasteiger charge is 2.14. The summed E-state index contributed by atoms with van der Waals surface area (Å²) in [5.74, 6) is 1.19. The lowest BCUT2D eigenvalue weighted by atomic mass is 9.87. The minimum absolute atomic E-state index is 0.0629. The van der Waals surface area contributed by atoms with Gasteiger partial charge in [0, 0.05) is 35.2 Å². The van der Waals surface area contributed by atoms with Crippen molar-refractivity contribution in [1.29, 1.82) is 0 Å². The van der Waals surface area contributed by atoms with Crippen LogP contribution in [0.5, 0.6) is 0 Å². The summed E-state index contributed by atoms with van der Waals surface area (Å²) in [6, 6.07) is 17.2. The van der Waals surface area contributed by atoms with E-state index in [9.17, 15) is 4.79 Å².